The Balaban J connectivity index is 1.21. The predicted molar refractivity (Wildman–Crippen MR) is 161 cm³/mol. The molecule has 3 aliphatic heterocycles. The largest absolute Gasteiger partial charge is 0.508 e. The number of phenolic OH excluding ortho intramolecular Hbond substituents is 1. The van der Waals surface area contributed by atoms with Crippen LogP contribution in [0.4, 0.5) is 11.5 Å². The van der Waals surface area contributed by atoms with E-state index < -0.39 is 0 Å². The molecule has 1 amide bonds. The van der Waals surface area contributed by atoms with E-state index in [9.17, 15) is 9.90 Å². The van der Waals surface area contributed by atoms with Crippen LogP contribution in [0.1, 0.15) is 23.5 Å². The maximum atomic E-state index is 12.2. The molecule has 2 aromatic heterocycles. The summed E-state index contributed by atoms with van der Waals surface area (Å²) in [6.07, 6.45) is 4.88. The maximum Gasteiger partial charge on any atom is 0.246 e. The second-order valence-electron chi connectivity index (χ2n) is 11.0. The number of morpholine rings is 1. The standard InChI is InChI=1S/C31H39N7O4/c1-2-29(40)36-10-12-37(13-11-36)31-25-6-9-38(27-20-24(39)19-23-5-3-7-32-30(23)27)21-26(25)33-28(34-31)22-42-16-4-8-35-14-17-41-18-15-35/h2-3,5,7,19-20,39H,1,4,6,8-18,21-22H2. The summed E-state index contributed by atoms with van der Waals surface area (Å²) in [6.45, 7) is 13.2. The number of hydrogen-bond acceptors (Lipinski definition) is 10. The van der Waals surface area contributed by atoms with Gasteiger partial charge in [-0.05, 0) is 31.1 Å². The van der Waals surface area contributed by atoms with Crippen LogP contribution in [-0.2, 0) is 33.8 Å². The zero-order valence-electron chi connectivity index (χ0n) is 24.1. The number of ether oxygens (including phenoxy) is 2. The third-order valence-electron chi connectivity index (χ3n) is 8.26. The molecule has 0 unspecified atom stereocenters. The molecular formula is C31H39N7O4. The van der Waals surface area contributed by atoms with Crippen LogP contribution in [0.15, 0.2) is 43.1 Å². The van der Waals surface area contributed by atoms with E-state index in [0.29, 0.717) is 51.8 Å². The predicted octanol–water partition coefficient (Wildman–Crippen LogP) is 2.37. The Morgan fingerprint density at radius 3 is 2.71 bits per heavy atom. The number of hydrogen-bond donors (Lipinski definition) is 1. The molecule has 0 bridgehead atoms. The minimum atomic E-state index is -0.0341. The van der Waals surface area contributed by atoms with Crippen LogP contribution in [0.5, 0.6) is 5.75 Å². The van der Waals surface area contributed by atoms with Crippen molar-refractivity contribution < 1.29 is 19.4 Å². The van der Waals surface area contributed by atoms with Gasteiger partial charge in [-0.25, -0.2) is 9.97 Å². The quantitative estimate of drug-likeness (QED) is 0.303. The Kier molecular flexibility index (Phi) is 8.78. The Morgan fingerprint density at radius 1 is 1.07 bits per heavy atom. The summed E-state index contributed by atoms with van der Waals surface area (Å²) in [5, 5.41) is 11.4. The molecule has 2 fully saturated rings. The van der Waals surface area contributed by atoms with E-state index in [2.05, 4.69) is 26.3 Å². The molecule has 222 valence electrons. The van der Waals surface area contributed by atoms with Crippen molar-refractivity contribution >= 4 is 28.3 Å². The summed E-state index contributed by atoms with van der Waals surface area (Å²) in [6, 6.07) is 7.38. The molecule has 0 aliphatic carbocycles. The Hall–Kier alpha value is -3.80. The number of aromatic hydroxyl groups is 1. The second-order valence-corrected chi connectivity index (χ2v) is 11.0. The monoisotopic (exact) mass is 573 g/mol. The van der Waals surface area contributed by atoms with E-state index in [4.69, 9.17) is 19.4 Å². The number of nitrogens with zero attached hydrogens (tertiary/aromatic N) is 7. The van der Waals surface area contributed by atoms with Crippen LogP contribution in [-0.4, -0.2) is 108 Å². The molecule has 0 spiro atoms. The molecule has 0 atom stereocenters. The lowest BCUT2D eigenvalue weighted by atomic mass is 10.0. The fraction of sp³-hybridized carbons (Fsp3) is 0.484. The summed E-state index contributed by atoms with van der Waals surface area (Å²) in [4.78, 5) is 35.6. The number of fused-ring (bicyclic) bond motifs is 2. The van der Waals surface area contributed by atoms with E-state index in [-0.39, 0.29) is 11.7 Å². The number of aromatic nitrogens is 3. The highest BCUT2D eigenvalue weighted by molar-refractivity contribution is 5.92. The van der Waals surface area contributed by atoms with Crippen molar-refractivity contribution in [3.63, 3.8) is 0 Å². The third-order valence-corrected chi connectivity index (χ3v) is 8.26. The summed E-state index contributed by atoms with van der Waals surface area (Å²) in [5.74, 6) is 1.79. The number of amides is 1. The van der Waals surface area contributed by atoms with Gasteiger partial charge in [0.2, 0.25) is 5.91 Å². The van der Waals surface area contributed by atoms with Crippen molar-refractivity contribution in [2.45, 2.75) is 26.0 Å². The normalized spacial score (nSPS) is 17.9. The van der Waals surface area contributed by atoms with Crippen LogP contribution in [0.3, 0.4) is 0 Å². The number of pyridine rings is 1. The highest BCUT2D eigenvalue weighted by atomic mass is 16.5. The van der Waals surface area contributed by atoms with Crippen LogP contribution in [0.2, 0.25) is 0 Å². The topological polar surface area (TPSA) is 107 Å². The minimum absolute atomic E-state index is 0.0341. The van der Waals surface area contributed by atoms with Gasteiger partial charge >= 0.3 is 0 Å². The minimum Gasteiger partial charge on any atom is -0.508 e. The molecule has 42 heavy (non-hydrogen) atoms. The van der Waals surface area contributed by atoms with Gasteiger partial charge in [-0.1, -0.05) is 12.6 Å². The lowest BCUT2D eigenvalue weighted by Crippen LogP contribution is -2.49. The molecule has 1 N–H and O–H groups in total. The number of piperazine rings is 1. The summed E-state index contributed by atoms with van der Waals surface area (Å²) < 4.78 is 11.5. The van der Waals surface area contributed by atoms with Crippen molar-refractivity contribution in [1.82, 2.24) is 24.8 Å². The first-order valence-corrected chi connectivity index (χ1v) is 14.8. The zero-order chi connectivity index (χ0) is 28.9. The smallest absolute Gasteiger partial charge is 0.246 e. The van der Waals surface area contributed by atoms with E-state index in [1.165, 1.54) is 6.08 Å². The molecule has 1 aromatic carbocycles. The van der Waals surface area contributed by atoms with E-state index >= 15 is 0 Å². The molecule has 11 heteroatoms. The molecule has 11 nitrogen and oxygen atoms in total. The van der Waals surface area contributed by atoms with Crippen molar-refractivity contribution in [3.8, 4) is 5.75 Å². The van der Waals surface area contributed by atoms with Gasteiger partial charge in [-0.3, -0.25) is 14.7 Å². The van der Waals surface area contributed by atoms with Crippen LogP contribution >= 0.6 is 0 Å². The van der Waals surface area contributed by atoms with Crippen molar-refractivity contribution in [2.75, 3.05) is 82.0 Å². The highest BCUT2D eigenvalue weighted by Gasteiger charge is 2.29. The molecule has 3 aliphatic rings. The van der Waals surface area contributed by atoms with Gasteiger partial charge in [-0.2, -0.15) is 0 Å². The van der Waals surface area contributed by atoms with Crippen LogP contribution in [0.25, 0.3) is 10.9 Å². The average molecular weight is 574 g/mol. The summed E-state index contributed by atoms with van der Waals surface area (Å²) >= 11 is 0. The Labute approximate surface area is 246 Å². The van der Waals surface area contributed by atoms with E-state index in [1.807, 2.05) is 17.0 Å². The lowest BCUT2D eigenvalue weighted by Gasteiger charge is -2.38. The number of phenols is 1. The molecule has 5 heterocycles. The van der Waals surface area contributed by atoms with Gasteiger partial charge in [0.1, 0.15) is 18.2 Å². The van der Waals surface area contributed by atoms with Gasteiger partial charge in [0, 0.05) is 82.2 Å². The number of anilines is 2. The molecule has 0 radical (unpaired) electrons. The van der Waals surface area contributed by atoms with Crippen molar-refractivity contribution in [2.24, 2.45) is 0 Å². The van der Waals surface area contributed by atoms with Crippen molar-refractivity contribution in [3.05, 3.63) is 60.2 Å². The number of benzene rings is 1. The molecule has 0 saturated carbocycles. The summed E-state index contributed by atoms with van der Waals surface area (Å²) in [7, 11) is 0. The molecule has 6 rings (SSSR count). The van der Waals surface area contributed by atoms with Gasteiger partial charge in [0.25, 0.3) is 0 Å². The fourth-order valence-electron chi connectivity index (χ4n) is 6.04. The van der Waals surface area contributed by atoms with E-state index in [0.717, 1.165) is 85.9 Å². The fourth-order valence-corrected chi connectivity index (χ4v) is 6.04. The SMILES string of the molecule is C=CC(=O)N1CCN(c2nc(COCCCN3CCOCC3)nc3c2CCN(c2cc(O)cc4cccnc24)C3)CC1. The third kappa shape index (κ3) is 6.33. The first-order valence-electron chi connectivity index (χ1n) is 14.8. The van der Waals surface area contributed by atoms with Gasteiger partial charge in [-0.15, -0.1) is 0 Å². The summed E-state index contributed by atoms with van der Waals surface area (Å²) in [5.41, 5.74) is 3.87. The van der Waals surface area contributed by atoms with Crippen LogP contribution in [0, 0.1) is 0 Å². The van der Waals surface area contributed by atoms with E-state index in [1.54, 1.807) is 18.3 Å². The number of rotatable bonds is 9. The Bertz CT molecular complexity index is 1420. The molecule has 2 saturated heterocycles. The second kappa shape index (κ2) is 13.0. The maximum absolute atomic E-state index is 12.2. The van der Waals surface area contributed by atoms with Gasteiger partial charge in [0.15, 0.2) is 5.82 Å². The van der Waals surface area contributed by atoms with Crippen molar-refractivity contribution in [1.29, 1.82) is 0 Å². The molecular weight excluding hydrogens is 534 g/mol. The number of carbonyl (C=O) groups excluding carboxylic acids is 1. The zero-order valence-corrected chi connectivity index (χ0v) is 24.1. The average Bonchev–Trinajstić information content (AvgIpc) is 3.03. The lowest BCUT2D eigenvalue weighted by molar-refractivity contribution is -0.126. The number of carbonyl (C=O) groups is 1. The highest BCUT2D eigenvalue weighted by Crippen LogP contribution is 2.35. The Morgan fingerprint density at radius 2 is 1.90 bits per heavy atom. The molecule has 3 aromatic rings. The first-order chi connectivity index (χ1) is 20.6. The first kappa shape index (κ1) is 28.3. The van der Waals surface area contributed by atoms with Crippen LogP contribution < -0.4 is 9.80 Å². The van der Waals surface area contributed by atoms with Gasteiger partial charge in [0.05, 0.1) is 36.7 Å². The van der Waals surface area contributed by atoms with Gasteiger partial charge < -0.3 is 29.3 Å².